The van der Waals surface area contributed by atoms with Crippen molar-refractivity contribution >= 4 is 0 Å². The molecule has 2 unspecified atom stereocenters. The maximum Gasteiger partial charge on any atom is 0.239 e. The topological polar surface area (TPSA) is 27.7 Å². The average Bonchev–Trinajstić information content (AvgIpc) is 2.91. The second-order valence-electron chi connectivity index (χ2n) is 10.3. The van der Waals surface area contributed by atoms with Crippen molar-refractivity contribution in [1.29, 1.82) is 0 Å². The molecule has 0 heterocycles. The molecule has 2 atom stereocenters. The molecule has 0 aliphatic heterocycles. The summed E-state index contributed by atoms with van der Waals surface area (Å²) in [6.45, 7) is 11.0. The lowest BCUT2D eigenvalue weighted by molar-refractivity contribution is -0.288. The van der Waals surface area contributed by atoms with Crippen LogP contribution in [0.25, 0.3) is 22.3 Å². The molecule has 0 amide bonds. The Morgan fingerprint density at radius 2 is 1.14 bits per heavy atom. The van der Waals surface area contributed by atoms with Gasteiger partial charge < -0.3 is 9.62 Å². The van der Waals surface area contributed by atoms with Crippen molar-refractivity contribution < 1.29 is 14.5 Å². The highest BCUT2D eigenvalue weighted by atomic mass is 17.2. The van der Waals surface area contributed by atoms with Crippen molar-refractivity contribution in [1.82, 2.24) is 0 Å². The predicted molar refractivity (Wildman–Crippen MR) is 153 cm³/mol. The van der Waals surface area contributed by atoms with Crippen LogP contribution in [0.3, 0.4) is 0 Å². The van der Waals surface area contributed by atoms with Crippen molar-refractivity contribution in [2.75, 3.05) is 0 Å². The van der Waals surface area contributed by atoms with E-state index in [9.17, 15) is 0 Å². The molecular formula is C34H38O3. The van der Waals surface area contributed by atoms with E-state index in [-0.39, 0.29) is 0 Å². The Hall–Kier alpha value is -3.56. The average molecular weight is 495 g/mol. The first-order valence-electron chi connectivity index (χ1n) is 13.3. The zero-order chi connectivity index (χ0) is 26.2. The van der Waals surface area contributed by atoms with Crippen molar-refractivity contribution in [3.63, 3.8) is 0 Å². The maximum atomic E-state index is 6.06. The maximum absolute atomic E-state index is 6.06. The Bertz CT molecular complexity index is 1170. The van der Waals surface area contributed by atoms with Crippen LogP contribution in [-0.2, 0) is 4.89 Å². The zero-order valence-electron chi connectivity index (χ0n) is 22.6. The van der Waals surface area contributed by atoms with Gasteiger partial charge in [-0.25, -0.2) is 0 Å². The second-order valence-corrected chi connectivity index (χ2v) is 10.3. The smallest absolute Gasteiger partial charge is 0.239 e. The van der Waals surface area contributed by atoms with E-state index in [2.05, 4.69) is 64.1 Å². The third-order valence-electron chi connectivity index (χ3n) is 6.59. The molecule has 0 aliphatic rings. The Kier molecular flexibility index (Phi) is 9.03. The molecule has 0 radical (unpaired) electrons. The second kappa shape index (κ2) is 12.6. The number of para-hydroxylation sites is 1. The fraction of sp³-hybridized carbons (Fsp3) is 0.294. The van der Waals surface area contributed by atoms with Crippen LogP contribution in [0.2, 0.25) is 0 Å². The standard InChI is InChI=1S/C34H38O3/c1-24(2)23-33(25(3)4)29-19-21-30(22-20-29)35-26(5)36-37-34-31(27-13-8-6-9-14-27)17-12-18-32(34)28-15-10-7-11-16-28/h6-22,24-26,33H,23H2,1-5H3. The predicted octanol–water partition coefficient (Wildman–Crippen LogP) is 9.54. The Labute approximate surface area is 222 Å². The van der Waals surface area contributed by atoms with E-state index >= 15 is 0 Å². The SMILES string of the molecule is CC(C)CC(c1ccc(OC(C)OOc2c(-c3ccccc3)cccc2-c2ccccc2)cc1)C(C)C. The van der Waals surface area contributed by atoms with Crippen molar-refractivity contribution in [3.8, 4) is 33.8 Å². The third-order valence-corrected chi connectivity index (χ3v) is 6.59. The third kappa shape index (κ3) is 7.02. The molecule has 192 valence electrons. The van der Waals surface area contributed by atoms with Gasteiger partial charge in [0.25, 0.3) is 0 Å². The van der Waals surface area contributed by atoms with E-state index in [1.807, 2.05) is 73.7 Å². The van der Waals surface area contributed by atoms with Crippen LogP contribution in [0.15, 0.2) is 103 Å². The van der Waals surface area contributed by atoms with E-state index < -0.39 is 6.29 Å². The van der Waals surface area contributed by atoms with Crippen LogP contribution in [0, 0.1) is 11.8 Å². The normalized spacial score (nSPS) is 12.9. The fourth-order valence-corrected chi connectivity index (χ4v) is 4.74. The van der Waals surface area contributed by atoms with E-state index in [0.29, 0.717) is 23.5 Å². The largest absolute Gasteiger partial charge is 0.461 e. The fourth-order valence-electron chi connectivity index (χ4n) is 4.74. The molecule has 4 aromatic rings. The molecular weight excluding hydrogens is 456 g/mol. The van der Waals surface area contributed by atoms with E-state index in [0.717, 1.165) is 28.0 Å². The van der Waals surface area contributed by atoms with E-state index in [4.69, 9.17) is 14.5 Å². The highest BCUT2D eigenvalue weighted by Gasteiger charge is 2.19. The molecule has 0 N–H and O–H groups in total. The molecule has 0 spiro atoms. The molecule has 0 aromatic heterocycles. The van der Waals surface area contributed by atoms with E-state index in [1.54, 1.807) is 0 Å². The number of hydrogen-bond acceptors (Lipinski definition) is 3. The van der Waals surface area contributed by atoms with Crippen molar-refractivity contribution in [2.24, 2.45) is 11.8 Å². The van der Waals surface area contributed by atoms with Gasteiger partial charge in [0.05, 0.1) is 0 Å². The summed E-state index contributed by atoms with van der Waals surface area (Å²) in [6.07, 6.45) is 0.574. The Morgan fingerprint density at radius 3 is 1.62 bits per heavy atom. The van der Waals surface area contributed by atoms with Gasteiger partial charge in [0.1, 0.15) is 5.75 Å². The summed E-state index contributed by atoms with van der Waals surface area (Å²) < 4.78 is 6.06. The summed E-state index contributed by atoms with van der Waals surface area (Å²) in [5, 5.41) is 0. The molecule has 3 nitrogen and oxygen atoms in total. The lowest BCUT2D eigenvalue weighted by atomic mass is 9.82. The Morgan fingerprint density at radius 1 is 0.595 bits per heavy atom. The summed E-state index contributed by atoms with van der Waals surface area (Å²) in [5.41, 5.74) is 5.39. The quantitative estimate of drug-likeness (QED) is 0.118. The highest BCUT2D eigenvalue weighted by Crippen LogP contribution is 2.39. The molecule has 0 bridgehead atoms. The number of ether oxygens (including phenoxy) is 1. The van der Waals surface area contributed by atoms with Crippen LogP contribution >= 0.6 is 0 Å². The minimum absolute atomic E-state index is 0.539. The highest BCUT2D eigenvalue weighted by molar-refractivity contribution is 5.82. The summed E-state index contributed by atoms with van der Waals surface area (Å²) in [4.78, 5) is 11.8. The summed E-state index contributed by atoms with van der Waals surface area (Å²) in [5.74, 6) is 3.21. The minimum Gasteiger partial charge on any atom is -0.461 e. The monoisotopic (exact) mass is 494 g/mol. The van der Waals surface area contributed by atoms with Gasteiger partial charge >= 0.3 is 0 Å². The van der Waals surface area contributed by atoms with Gasteiger partial charge in [0.2, 0.25) is 6.29 Å². The van der Waals surface area contributed by atoms with Gasteiger partial charge in [-0.1, -0.05) is 119 Å². The summed E-state index contributed by atoms with van der Waals surface area (Å²) >= 11 is 0. The van der Waals surface area contributed by atoms with Gasteiger partial charge in [-0.3, -0.25) is 0 Å². The Balaban J connectivity index is 1.51. The molecule has 0 aliphatic carbocycles. The van der Waals surface area contributed by atoms with Gasteiger partial charge in [-0.05, 0) is 53.0 Å². The number of rotatable bonds is 11. The lowest BCUT2D eigenvalue weighted by Gasteiger charge is -2.24. The van der Waals surface area contributed by atoms with Crippen molar-refractivity contribution in [2.45, 2.75) is 53.2 Å². The van der Waals surface area contributed by atoms with E-state index in [1.165, 1.54) is 12.0 Å². The first kappa shape index (κ1) is 26.5. The molecule has 0 saturated heterocycles. The van der Waals surface area contributed by atoms with Crippen LogP contribution in [0.1, 0.15) is 52.5 Å². The first-order valence-corrected chi connectivity index (χ1v) is 13.3. The number of hydrogen-bond donors (Lipinski definition) is 0. The molecule has 37 heavy (non-hydrogen) atoms. The lowest BCUT2D eigenvalue weighted by Crippen LogP contribution is -2.19. The minimum atomic E-state index is -0.602. The van der Waals surface area contributed by atoms with Crippen LogP contribution in [0.5, 0.6) is 11.5 Å². The van der Waals surface area contributed by atoms with Crippen molar-refractivity contribution in [3.05, 3.63) is 109 Å². The summed E-state index contributed by atoms with van der Waals surface area (Å²) in [7, 11) is 0. The van der Waals surface area contributed by atoms with Crippen LogP contribution in [0.4, 0.5) is 0 Å². The summed E-state index contributed by atoms with van der Waals surface area (Å²) in [6, 6.07) is 34.9. The van der Waals surface area contributed by atoms with Crippen LogP contribution < -0.4 is 9.62 Å². The molecule has 0 saturated carbocycles. The molecule has 4 aromatic carbocycles. The molecule has 3 heteroatoms. The number of benzene rings is 4. The van der Waals surface area contributed by atoms with Gasteiger partial charge in [-0.15, -0.1) is 4.89 Å². The molecule has 0 fully saturated rings. The molecule has 4 rings (SSSR count). The first-order chi connectivity index (χ1) is 17.9. The van der Waals surface area contributed by atoms with Gasteiger partial charge in [0.15, 0.2) is 5.75 Å². The van der Waals surface area contributed by atoms with Gasteiger partial charge in [0, 0.05) is 18.1 Å². The van der Waals surface area contributed by atoms with Gasteiger partial charge in [-0.2, -0.15) is 0 Å². The van der Waals surface area contributed by atoms with Crippen LogP contribution in [-0.4, -0.2) is 6.29 Å². The zero-order valence-corrected chi connectivity index (χ0v) is 22.6.